The van der Waals surface area contributed by atoms with Crippen LogP contribution in [0.4, 0.5) is 0 Å². The highest BCUT2D eigenvalue weighted by Crippen LogP contribution is 2.26. The Morgan fingerprint density at radius 2 is 1.60 bits per heavy atom. The normalized spacial score (nSPS) is 11.9. The average molecular weight is 242 g/mol. The number of hydrogen-bond donors (Lipinski definition) is 1. The zero-order chi connectivity index (χ0) is 11.1. The molecule has 0 aromatic heterocycles. The zero-order valence-corrected chi connectivity index (χ0v) is 9.22. The summed E-state index contributed by atoms with van der Waals surface area (Å²) in [6.07, 6.45) is 0. The standard InChI is InChI=1S/C10H8ClNO2S/c11-9-5-7-3-1-2-4-8(7)6-10(9)15(12,13)14/h1-6H,(H2,12,13,14). The Morgan fingerprint density at radius 1 is 1.07 bits per heavy atom. The molecule has 15 heavy (non-hydrogen) atoms. The van der Waals surface area contributed by atoms with Gasteiger partial charge in [0.2, 0.25) is 10.0 Å². The summed E-state index contributed by atoms with van der Waals surface area (Å²) in [5.74, 6) is 0. The first kappa shape index (κ1) is 10.4. The van der Waals surface area contributed by atoms with Crippen LogP contribution in [0.5, 0.6) is 0 Å². The van der Waals surface area contributed by atoms with Gasteiger partial charge in [0.1, 0.15) is 4.90 Å². The summed E-state index contributed by atoms with van der Waals surface area (Å²) in [5.41, 5.74) is 0. The van der Waals surface area contributed by atoms with Crippen molar-refractivity contribution in [3.8, 4) is 0 Å². The lowest BCUT2D eigenvalue weighted by molar-refractivity contribution is 0.598. The summed E-state index contributed by atoms with van der Waals surface area (Å²) < 4.78 is 22.4. The van der Waals surface area contributed by atoms with E-state index in [1.54, 1.807) is 12.1 Å². The van der Waals surface area contributed by atoms with Crippen molar-refractivity contribution >= 4 is 32.4 Å². The van der Waals surface area contributed by atoms with Gasteiger partial charge in [-0.05, 0) is 22.9 Å². The van der Waals surface area contributed by atoms with Crippen LogP contribution < -0.4 is 5.14 Å². The van der Waals surface area contributed by atoms with Gasteiger partial charge in [0, 0.05) is 0 Å². The molecule has 0 aliphatic heterocycles. The summed E-state index contributed by atoms with van der Waals surface area (Å²) in [6.45, 7) is 0. The minimum absolute atomic E-state index is 0.0390. The van der Waals surface area contributed by atoms with E-state index in [0.717, 1.165) is 10.8 Å². The molecule has 0 bridgehead atoms. The highest BCUT2D eigenvalue weighted by atomic mass is 35.5. The van der Waals surface area contributed by atoms with E-state index < -0.39 is 10.0 Å². The van der Waals surface area contributed by atoms with Gasteiger partial charge in [-0.15, -0.1) is 0 Å². The molecule has 0 saturated carbocycles. The minimum atomic E-state index is -3.76. The molecule has 78 valence electrons. The maximum Gasteiger partial charge on any atom is 0.239 e. The Labute approximate surface area is 92.5 Å². The van der Waals surface area contributed by atoms with Crippen LogP contribution in [0.1, 0.15) is 0 Å². The molecular formula is C10H8ClNO2S. The van der Waals surface area contributed by atoms with E-state index in [0.29, 0.717) is 0 Å². The van der Waals surface area contributed by atoms with E-state index in [2.05, 4.69) is 0 Å². The van der Waals surface area contributed by atoms with Crippen LogP contribution in [0.3, 0.4) is 0 Å². The molecule has 2 aromatic carbocycles. The third-order valence-corrected chi connectivity index (χ3v) is 3.48. The number of benzene rings is 2. The number of fused-ring (bicyclic) bond motifs is 1. The third-order valence-electron chi connectivity index (χ3n) is 2.11. The minimum Gasteiger partial charge on any atom is -0.225 e. The Kier molecular flexibility index (Phi) is 2.42. The van der Waals surface area contributed by atoms with Crippen molar-refractivity contribution in [2.24, 2.45) is 5.14 Å². The molecule has 0 atom stereocenters. The van der Waals surface area contributed by atoms with Gasteiger partial charge in [0.05, 0.1) is 5.02 Å². The molecule has 0 amide bonds. The van der Waals surface area contributed by atoms with Gasteiger partial charge in [0.15, 0.2) is 0 Å². The Balaban J connectivity index is 2.84. The predicted molar refractivity (Wildman–Crippen MR) is 60.3 cm³/mol. The molecule has 0 radical (unpaired) electrons. The summed E-state index contributed by atoms with van der Waals surface area (Å²) in [4.78, 5) is -0.0390. The number of hydrogen-bond acceptors (Lipinski definition) is 2. The molecule has 0 aliphatic carbocycles. The first-order valence-corrected chi connectivity index (χ1v) is 6.12. The molecular weight excluding hydrogens is 234 g/mol. The molecule has 0 unspecified atom stereocenters. The summed E-state index contributed by atoms with van der Waals surface area (Å²) in [7, 11) is -3.76. The maximum atomic E-state index is 11.2. The van der Waals surface area contributed by atoms with E-state index in [9.17, 15) is 8.42 Å². The summed E-state index contributed by atoms with van der Waals surface area (Å²) in [5, 5.41) is 6.87. The van der Waals surface area contributed by atoms with Crippen LogP contribution in [0.15, 0.2) is 41.3 Å². The van der Waals surface area contributed by atoms with Crippen LogP contribution in [-0.4, -0.2) is 8.42 Å². The molecule has 2 N–H and O–H groups in total. The van der Waals surface area contributed by atoms with E-state index in [1.807, 2.05) is 18.2 Å². The molecule has 0 fully saturated rings. The van der Waals surface area contributed by atoms with Gasteiger partial charge >= 0.3 is 0 Å². The molecule has 3 nitrogen and oxygen atoms in total. The lowest BCUT2D eigenvalue weighted by Crippen LogP contribution is -2.12. The van der Waals surface area contributed by atoms with Crippen LogP contribution in [0.2, 0.25) is 5.02 Å². The molecule has 0 aliphatic rings. The second-order valence-electron chi connectivity index (χ2n) is 3.17. The molecule has 5 heteroatoms. The van der Waals surface area contributed by atoms with E-state index in [-0.39, 0.29) is 9.92 Å². The zero-order valence-electron chi connectivity index (χ0n) is 7.64. The highest BCUT2D eigenvalue weighted by molar-refractivity contribution is 7.89. The quantitative estimate of drug-likeness (QED) is 0.832. The van der Waals surface area contributed by atoms with Gasteiger partial charge in [-0.1, -0.05) is 35.9 Å². The van der Waals surface area contributed by atoms with E-state index in [4.69, 9.17) is 16.7 Å². The monoisotopic (exact) mass is 241 g/mol. The van der Waals surface area contributed by atoms with Gasteiger partial charge in [-0.2, -0.15) is 0 Å². The van der Waals surface area contributed by atoms with Crippen molar-refractivity contribution < 1.29 is 8.42 Å². The Hall–Kier alpha value is -1.10. The summed E-state index contributed by atoms with van der Waals surface area (Å²) >= 11 is 5.83. The van der Waals surface area contributed by atoms with Crippen molar-refractivity contribution in [3.63, 3.8) is 0 Å². The fraction of sp³-hybridized carbons (Fsp3) is 0. The lowest BCUT2D eigenvalue weighted by Gasteiger charge is -2.04. The topological polar surface area (TPSA) is 60.2 Å². The first-order chi connectivity index (χ1) is 6.98. The fourth-order valence-electron chi connectivity index (χ4n) is 1.41. The smallest absolute Gasteiger partial charge is 0.225 e. The number of sulfonamides is 1. The van der Waals surface area contributed by atoms with E-state index >= 15 is 0 Å². The number of nitrogens with two attached hydrogens (primary N) is 1. The van der Waals surface area contributed by atoms with Crippen LogP contribution >= 0.6 is 11.6 Å². The van der Waals surface area contributed by atoms with E-state index in [1.165, 1.54) is 6.07 Å². The Bertz CT molecular complexity index is 622. The Morgan fingerprint density at radius 3 is 2.13 bits per heavy atom. The van der Waals surface area contributed by atoms with Crippen molar-refractivity contribution in [2.75, 3.05) is 0 Å². The number of halogens is 1. The fourth-order valence-corrected chi connectivity index (χ4v) is 2.53. The van der Waals surface area contributed by atoms with Gasteiger partial charge in [0.25, 0.3) is 0 Å². The maximum absolute atomic E-state index is 11.2. The van der Waals surface area contributed by atoms with Crippen LogP contribution in [0.25, 0.3) is 10.8 Å². The van der Waals surface area contributed by atoms with Crippen LogP contribution in [-0.2, 0) is 10.0 Å². The van der Waals surface area contributed by atoms with Crippen molar-refractivity contribution in [1.29, 1.82) is 0 Å². The number of primary sulfonamides is 1. The molecule has 0 heterocycles. The molecule has 2 aromatic rings. The average Bonchev–Trinajstić information content (AvgIpc) is 2.15. The van der Waals surface area contributed by atoms with Gasteiger partial charge < -0.3 is 0 Å². The highest BCUT2D eigenvalue weighted by Gasteiger charge is 2.13. The van der Waals surface area contributed by atoms with Gasteiger partial charge in [-0.25, -0.2) is 13.6 Å². The van der Waals surface area contributed by atoms with Crippen LogP contribution in [0, 0.1) is 0 Å². The molecule has 2 rings (SSSR count). The second kappa shape index (κ2) is 3.48. The second-order valence-corrected chi connectivity index (χ2v) is 5.11. The molecule has 0 saturated heterocycles. The largest absolute Gasteiger partial charge is 0.239 e. The lowest BCUT2D eigenvalue weighted by atomic mass is 10.1. The van der Waals surface area contributed by atoms with Gasteiger partial charge in [-0.3, -0.25) is 0 Å². The predicted octanol–water partition coefficient (Wildman–Crippen LogP) is 2.14. The van der Waals surface area contributed by atoms with Crippen molar-refractivity contribution in [1.82, 2.24) is 0 Å². The third kappa shape index (κ3) is 1.97. The SMILES string of the molecule is NS(=O)(=O)c1cc2ccccc2cc1Cl. The first-order valence-electron chi connectivity index (χ1n) is 4.19. The van der Waals surface area contributed by atoms with Crippen molar-refractivity contribution in [3.05, 3.63) is 41.4 Å². The number of rotatable bonds is 1. The summed E-state index contributed by atoms with van der Waals surface area (Å²) in [6, 6.07) is 10.4. The van der Waals surface area contributed by atoms with Crippen molar-refractivity contribution in [2.45, 2.75) is 4.90 Å². The molecule has 0 spiro atoms.